The second-order valence-electron chi connectivity index (χ2n) is 4.45. The average molecular weight is 244 g/mol. The molecule has 0 saturated heterocycles. The van der Waals surface area contributed by atoms with Crippen LogP contribution in [0.3, 0.4) is 0 Å². The first kappa shape index (κ1) is 12.6. The Balaban J connectivity index is 0.000000574. The summed E-state index contributed by atoms with van der Waals surface area (Å²) < 4.78 is 1.87. The van der Waals surface area contributed by atoms with E-state index in [0.29, 0.717) is 5.92 Å². The molecule has 0 bridgehead atoms. The highest BCUT2D eigenvalue weighted by Gasteiger charge is 2.13. The van der Waals surface area contributed by atoms with Gasteiger partial charge in [0.1, 0.15) is 5.65 Å². The maximum atomic E-state index is 4.72. The summed E-state index contributed by atoms with van der Waals surface area (Å²) in [6, 6.07) is 2.06. The summed E-state index contributed by atoms with van der Waals surface area (Å²) >= 11 is 0. The van der Waals surface area contributed by atoms with Crippen LogP contribution in [0.5, 0.6) is 0 Å². The maximum absolute atomic E-state index is 4.72. The zero-order valence-corrected chi connectivity index (χ0v) is 11.7. The molecule has 0 aliphatic heterocycles. The molecule has 0 fully saturated rings. The third kappa shape index (κ3) is 1.78. The van der Waals surface area contributed by atoms with E-state index in [1.165, 1.54) is 0 Å². The minimum atomic E-state index is 0.414. The van der Waals surface area contributed by atoms with Crippen LogP contribution in [0.2, 0.25) is 0 Å². The van der Waals surface area contributed by atoms with E-state index in [9.17, 15) is 0 Å². The van der Waals surface area contributed by atoms with Crippen molar-refractivity contribution in [1.82, 2.24) is 19.6 Å². The molecule has 0 saturated carbocycles. The summed E-state index contributed by atoms with van der Waals surface area (Å²) in [6.07, 6.45) is 3.79. The Morgan fingerprint density at radius 3 is 2.67 bits per heavy atom. The highest BCUT2D eigenvalue weighted by atomic mass is 15.3. The number of hydrogen-bond donors (Lipinski definition) is 1. The standard InChI is InChI=1S/C12H14N4.C2H6/c1-7(2)10-9-4-5-13-12(9)16-11(15-10)8(3)6-14-16;1-2/h4-7,13H,1-3H3;1-2H3. The fourth-order valence-electron chi connectivity index (χ4n) is 2.08. The van der Waals surface area contributed by atoms with Gasteiger partial charge in [-0.2, -0.15) is 9.61 Å². The molecule has 18 heavy (non-hydrogen) atoms. The number of nitrogens with one attached hydrogen (secondary N) is 1. The van der Waals surface area contributed by atoms with Gasteiger partial charge in [0.15, 0.2) is 5.65 Å². The average Bonchev–Trinajstić information content (AvgIpc) is 2.97. The summed E-state index contributed by atoms with van der Waals surface area (Å²) in [5, 5.41) is 5.50. The van der Waals surface area contributed by atoms with Gasteiger partial charge in [-0.15, -0.1) is 0 Å². The van der Waals surface area contributed by atoms with Crippen LogP contribution < -0.4 is 0 Å². The predicted octanol–water partition coefficient (Wildman–Crippen LogP) is 3.67. The predicted molar refractivity (Wildman–Crippen MR) is 75.0 cm³/mol. The van der Waals surface area contributed by atoms with Crippen molar-refractivity contribution in [3.05, 3.63) is 29.7 Å². The lowest BCUT2D eigenvalue weighted by atomic mass is 10.1. The topological polar surface area (TPSA) is 46.0 Å². The molecule has 4 nitrogen and oxygen atoms in total. The van der Waals surface area contributed by atoms with E-state index in [2.05, 4.69) is 30.0 Å². The van der Waals surface area contributed by atoms with E-state index in [1.807, 2.05) is 37.7 Å². The fraction of sp³-hybridized carbons (Fsp3) is 0.429. The van der Waals surface area contributed by atoms with Crippen LogP contribution in [-0.4, -0.2) is 19.6 Å². The number of nitrogens with zero attached hydrogens (tertiary/aromatic N) is 3. The van der Waals surface area contributed by atoms with Crippen LogP contribution in [0.1, 0.15) is 44.9 Å². The molecule has 0 aromatic carbocycles. The van der Waals surface area contributed by atoms with Crippen LogP contribution in [0.25, 0.3) is 16.7 Å². The molecule has 0 amide bonds. The van der Waals surface area contributed by atoms with E-state index in [1.54, 1.807) is 0 Å². The van der Waals surface area contributed by atoms with Crippen molar-refractivity contribution in [2.75, 3.05) is 0 Å². The summed E-state index contributed by atoms with van der Waals surface area (Å²) in [5.41, 5.74) is 4.21. The molecule has 0 spiro atoms. The van der Waals surface area contributed by atoms with Crippen molar-refractivity contribution in [2.24, 2.45) is 0 Å². The van der Waals surface area contributed by atoms with Gasteiger partial charge in [0.25, 0.3) is 0 Å². The van der Waals surface area contributed by atoms with E-state index < -0.39 is 0 Å². The van der Waals surface area contributed by atoms with Gasteiger partial charge in [-0.1, -0.05) is 27.7 Å². The van der Waals surface area contributed by atoms with E-state index in [-0.39, 0.29) is 0 Å². The van der Waals surface area contributed by atoms with Gasteiger partial charge in [0, 0.05) is 17.1 Å². The molecule has 4 heteroatoms. The molecule has 3 aromatic rings. The number of aromatic nitrogens is 4. The Bertz CT molecular complexity index is 661. The number of aromatic amines is 1. The molecular weight excluding hydrogens is 224 g/mol. The highest BCUT2D eigenvalue weighted by Crippen LogP contribution is 2.24. The van der Waals surface area contributed by atoms with Gasteiger partial charge >= 0.3 is 0 Å². The summed E-state index contributed by atoms with van der Waals surface area (Å²) in [7, 11) is 0. The van der Waals surface area contributed by atoms with Crippen molar-refractivity contribution >= 4 is 16.7 Å². The Kier molecular flexibility index (Phi) is 3.36. The molecule has 3 heterocycles. The Labute approximate surface area is 107 Å². The second kappa shape index (κ2) is 4.80. The van der Waals surface area contributed by atoms with Gasteiger partial charge in [-0.05, 0) is 18.9 Å². The molecule has 96 valence electrons. The van der Waals surface area contributed by atoms with Crippen molar-refractivity contribution in [3.8, 4) is 0 Å². The van der Waals surface area contributed by atoms with Gasteiger partial charge in [-0.3, -0.25) is 0 Å². The molecule has 1 N–H and O–H groups in total. The summed E-state index contributed by atoms with van der Waals surface area (Å²) in [6.45, 7) is 10.4. The van der Waals surface area contributed by atoms with Gasteiger partial charge < -0.3 is 4.98 Å². The van der Waals surface area contributed by atoms with Crippen LogP contribution in [0.15, 0.2) is 18.5 Å². The number of fused-ring (bicyclic) bond motifs is 3. The molecule has 0 unspecified atom stereocenters. The highest BCUT2D eigenvalue weighted by molar-refractivity contribution is 5.81. The zero-order chi connectivity index (χ0) is 13.3. The van der Waals surface area contributed by atoms with Gasteiger partial charge in [0.05, 0.1) is 11.9 Å². The third-order valence-electron chi connectivity index (χ3n) is 2.91. The Morgan fingerprint density at radius 2 is 2.00 bits per heavy atom. The van der Waals surface area contributed by atoms with Crippen molar-refractivity contribution < 1.29 is 0 Å². The molecule has 0 radical (unpaired) electrons. The monoisotopic (exact) mass is 244 g/mol. The first-order valence-electron chi connectivity index (χ1n) is 6.50. The smallest absolute Gasteiger partial charge is 0.160 e. The van der Waals surface area contributed by atoms with Gasteiger partial charge in [0.2, 0.25) is 0 Å². The lowest BCUT2D eigenvalue weighted by Gasteiger charge is -2.07. The minimum absolute atomic E-state index is 0.414. The first-order valence-corrected chi connectivity index (χ1v) is 6.50. The lowest BCUT2D eigenvalue weighted by molar-refractivity contribution is 0.827. The van der Waals surface area contributed by atoms with Crippen LogP contribution >= 0.6 is 0 Å². The second-order valence-corrected chi connectivity index (χ2v) is 4.45. The number of hydrogen-bond acceptors (Lipinski definition) is 2. The van der Waals surface area contributed by atoms with E-state index in [0.717, 1.165) is 27.9 Å². The normalized spacial score (nSPS) is 11.0. The van der Waals surface area contributed by atoms with Crippen LogP contribution in [0, 0.1) is 6.92 Å². The summed E-state index contributed by atoms with van der Waals surface area (Å²) in [4.78, 5) is 7.95. The molecule has 3 aromatic heterocycles. The Hall–Kier alpha value is -1.84. The molecule has 0 aliphatic carbocycles. The number of H-pyrrole nitrogens is 1. The third-order valence-corrected chi connectivity index (χ3v) is 2.91. The molecule has 0 aliphatic rings. The quantitative estimate of drug-likeness (QED) is 0.710. The first-order chi connectivity index (χ1) is 8.68. The van der Waals surface area contributed by atoms with E-state index in [4.69, 9.17) is 4.98 Å². The Morgan fingerprint density at radius 1 is 1.28 bits per heavy atom. The largest absolute Gasteiger partial charge is 0.346 e. The maximum Gasteiger partial charge on any atom is 0.160 e. The van der Waals surface area contributed by atoms with Crippen molar-refractivity contribution in [2.45, 2.75) is 40.5 Å². The fourth-order valence-corrected chi connectivity index (χ4v) is 2.08. The van der Waals surface area contributed by atoms with Gasteiger partial charge in [-0.25, -0.2) is 4.98 Å². The van der Waals surface area contributed by atoms with Crippen LogP contribution in [0.4, 0.5) is 0 Å². The van der Waals surface area contributed by atoms with E-state index >= 15 is 0 Å². The SMILES string of the molecule is CC.Cc1cnn2c1nc(C(C)C)c1cc[nH]c12. The summed E-state index contributed by atoms with van der Waals surface area (Å²) in [5.74, 6) is 0.414. The molecule has 0 atom stereocenters. The van der Waals surface area contributed by atoms with Crippen molar-refractivity contribution in [1.29, 1.82) is 0 Å². The number of rotatable bonds is 1. The lowest BCUT2D eigenvalue weighted by Crippen LogP contribution is -2.00. The van der Waals surface area contributed by atoms with Crippen LogP contribution in [-0.2, 0) is 0 Å². The molecule has 3 rings (SSSR count). The zero-order valence-electron chi connectivity index (χ0n) is 11.7. The number of aryl methyl sites for hydroxylation is 1. The minimum Gasteiger partial charge on any atom is -0.346 e. The van der Waals surface area contributed by atoms with Crippen molar-refractivity contribution in [3.63, 3.8) is 0 Å². The molecular formula is C14H20N4.